The van der Waals surface area contributed by atoms with Crippen LogP contribution in [0.2, 0.25) is 0 Å². The number of carbonyl (C=O) groups excluding carboxylic acids is 3. The van der Waals surface area contributed by atoms with Crippen molar-refractivity contribution in [3.05, 3.63) is 12.2 Å². The standard InChI is InChI=1S/C17H33N4O5P/c1-6-7-8-12(15(22)19-9-27(25)26)20-17(24)14(11(4)5)21-16(23)13(18)10(2)3/h11-14,25-26H,2,6-9,18H2,1,3-5H3,(H,19,22)(H,20,24)(H,21,23). The highest BCUT2D eigenvalue weighted by molar-refractivity contribution is 7.45. The summed E-state index contributed by atoms with van der Waals surface area (Å²) in [4.78, 5) is 55.0. The highest BCUT2D eigenvalue weighted by atomic mass is 31.2. The van der Waals surface area contributed by atoms with E-state index in [2.05, 4.69) is 22.5 Å². The summed E-state index contributed by atoms with van der Waals surface area (Å²) in [6.07, 6.45) is 1.64. The van der Waals surface area contributed by atoms with Gasteiger partial charge in [0.15, 0.2) is 8.38 Å². The first-order valence-electron chi connectivity index (χ1n) is 8.95. The SMILES string of the molecule is C=C(C)C(N)C(=O)NC(C(=O)NC(CCCC)C(=O)NCP(O)O)C(C)C. The molecule has 0 aromatic carbocycles. The number of hydrogen-bond donors (Lipinski definition) is 6. The summed E-state index contributed by atoms with van der Waals surface area (Å²) in [5.74, 6) is -1.75. The van der Waals surface area contributed by atoms with E-state index in [4.69, 9.17) is 15.5 Å². The summed E-state index contributed by atoms with van der Waals surface area (Å²) >= 11 is 0. The molecule has 27 heavy (non-hydrogen) atoms. The first-order chi connectivity index (χ1) is 12.5. The van der Waals surface area contributed by atoms with Crippen LogP contribution in [-0.4, -0.2) is 51.9 Å². The van der Waals surface area contributed by atoms with E-state index in [1.165, 1.54) is 0 Å². The van der Waals surface area contributed by atoms with E-state index in [1.807, 2.05) is 6.92 Å². The highest BCUT2D eigenvalue weighted by Crippen LogP contribution is 2.19. The van der Waals surface area contributed by atoms with E-state index in [9.17, 15) is 14.4 Å². The molecule has 0 saturated heterocycles. The smallest absolute Gasteiger partial charge is 0.243 e. The molecule has 0 spiro atoms. The lowest BCUT2D eigenvalue weighted by molar-refractivity contribution is -0.133. The Balaban J connectivity index is 5.12. The van der Waals surface area contributed by atoms with Crippen LogP contribution in [0, 0.1) is 5.92 Å². The van der Waals surface area contributed by atoms with E-state index in [0.29, 0.717) is 18.4 Å². The Labute approximate surface area is 162 Å². The molecule has 3 amide bonds. The van der Waals surface area contributed by atoms with Crippen LogP contribution in [0.15, 0.2) is 12.2 Å². The number of amides is 3. The van der Waals surface area contributed by atoms with Gasteiger partial charge >= 0.3 is 0 Å². The Morgan fingerprint density at radius 1 is 1.11 bits per heavy atom. The van der Waals surface area contributed by atoms with Crippen molar-refractivity contribution in [2.45, 2.75) is 65.1 Å². The van der Waals surface area contributed by atoms with Crippen molar-refractivity contribution >= 4 is 26.1 Å². The third-order valence-electron chi connectivity index (χ3n) is 3.93. The quantitative estimate of drug-likeness (QED) is 0.200. The third-order valence-corrected chi connectivity index (χ3v) is 4.38. The van der Waals surface area contributed by atoms with Gasteiger partial charge in [0.2, 0.25) is 17.7 Å². The summed E-state index contributed by atoms with van der Waals surface area (Å²) in [6.45, 7) is 10.7. The monoisotopic (exact) mass is 404 g/mol. The first-order valence-corrected chi connectivity index (χ1v) is 10.4. The fourth-order valence-corrected chi connectivity index (χ4v) is 2.51. The summed E-state index contributed by atoms with van der Waals surface area (Å²) in [5, 5.41) is 7.64. The Hall–Kier alpha value is -1.54. The molecule has 0 aromatic heterocycles. The van der Waals surface area contributed by atoms with Gasteiger partial charge in [-0.2, -0.15) is 0 Å². The van der Waals surface area contributed by atoms with E-state index in [-0.39, 0.29) is 12.2 Å². The van der Waals surface area contributed by atoms with Gasteiger partial charge < -0.3 is 31.5 Å². The lowest BCUT2D eigenvalue weighted by atomic mass is 10.0. The summed E-state index contributed by atoms with van der Waals surface area (Å²) < 4.78 is 0. The second-order valence-corrected chi connectivity index (χ2v) is 7.89. The number of carbonyl (C=O) groups is 3. The Morgan fingerprint density at radius 3 is 2.15 bits per heavy atom. The lowest BCUT2D eigenvalue weighted by Gasteiger charge is -2.26. The van der Waals surface area contributed by atoms with Crippen molar-refractivity contribution < 1.29 is 24.2 Å². The normalized spacial score (nSPS) is 14.4. The van der Waals surface area contributed by atoms with Crippen molar-refractivity contribution in [2.24, 2.45) is 11.7 Å². The molecule has 0 heterocycles. The predicted octanol–water partition coefficient (Wildman–Crippen LogP) is 0.0758. The summed E-state index contributed by atoms with van der Waals surface area (Å²) in [6, 6.07) is -2.63. The fourth-order valence-electron chi connectivity index (χ4n) is 2.21. The van der Waals surface area contributed by atoms with Crippen LogP contribution in [0.3, 0.4) is 0 Å². The van der Waals surface area contributed by atoms with Crippen LogP contribution >= 0.6 is 8.38 Å². The first kappa shape index (κ1) is 25.5. The summed E-state index contributed by atoms with van der Waals surface area (Å²) in [5.41, 5.74) is 6.21. The molecular weight excluding hydrogens is 371 g/mol. The predicted molar refractivity (Wildman–Crippen MR) is 105 cm³/mol. The van der Waals surface area contributed by atoms with Crippen molar-refractivity contribution in [2.75, 3.05) is 6.29 Å². The van der Waals surface area contributed by atoms with Crippen LogP contribution < -0.4 is 21.7 Å². The van der Waals surface area contributed by atoms with Crippen molar-refractivity contribution in [3.63, 3.8) is 0 Å². The molecule has 0 bridgehead atoms. The van der Waals surface area contributed by atoms with E-state index in [1.54, 1.807) is 20.8 Å². The number of unbranched alkanes of at least 4 members (excludes halogenated alkanes) is 1. The van der Waals surface area contributed by atoms with Crippen LogP contribution in [0.4, 0.5) is 0 Å². The van der Waals surface area contributed by atoms with Crippen LogP contribution in [0.1, 0.15) is 47.0 Å². The molecule has 0 saturated carbocycles. The molecule has 0 aliphatic rings. The lowest BCUT2D eigenvalue weighted by Crippen LogP contribution is -2.57. The maximum atomic E-state index is 12.7. The van der Waals surface area contributed by atoms with Gasteiger partial charge in [0.05, 0.1) is 6.29 Å². The molecular formula is C17H33N4O5P. The van der Waals surface area contributed by atoms with Crippen molar-refractivity contribution in [1.29, 1.82) is 0 Å². The maximum absolute atomic E-state index is 12.7. The van der Waals surface area contributed by atoms with Gasteiger partial charge in [0, 0.05) is 0 Å². The zero-order chi connectivity index (χ0) is 21.1. The molecule has 0 aromatic rings. The molecule has 0 aliphatic heterocycles. The second-order valence-electron chi connectivity index (χ2n) is 6.83. The highest BCUT2D eigenvalue weighted by Gasteiger charge is 2.30. The van der Waals surface area contributed by atoms with E-state index in [0.717, 1.165) is 6.42 Å². The van der Waals surface area contributed by atoms with Gasteiger partial charge in [-0.05, 0) is 19.3 Å². The Morgan fingerprint density at radius 2 is 1.70 bits per heavy atom. The van der Waals surface area contributed by atoms with Crippen LogP contribution in [0.5, 0.6) is 0 Å². The van der Waals surface area contributed by atoms with Crippen molar-refractivity contribution in [3.8, 4) is 0 Å². The van der Waals surface area contributed by atoms with Gasteiger partial charge in [-0.25, -0.2) is 0 Å². The van der Waals surface area contributed by atoms with Crippen LogP contribution in [-0.2, 0) is 14.4 Å². The zero-order valence-corrected chi connectivity index (χ0v) is 17.4. The molecule has 156 valence electrons. The van der Waals surface area contributed by atoms with Gasteiger partial charge in [0.1, 0.15) is 18.1 Å². The maximum Gasteiger partial charge on any atom is 0.243 e. The number of nitrogens with one attached hydrogen (secondary N) is 3. The van der Waals surface area contributed by atoms with E-state index < -0.39 is 44.2 Å². The fraction of sp³-hybridized carbons (Fsp3) is 0.706. The minimum atomic E-state index is -2.26. The second kappa shape index (κ2) is 12.8. The van der Waals surface area contributed by atoms with Gasteiger partial charge in [-0.3, -0.25) is 14.4 Å². The molecule has 9 nitrogen and oxygen atoms in total. The van der Waals surface area contributed by atoms with Crippen LogP contribution in [0.25, 0.3) is 0 Å². The summed E-state index contributed by atoms with van der Waals surface area (Å²) in [7, 11) is -2.26. The Kier molecular flexibility index (Phi) is 12.0. The molecule has 3 atom stereocenters. The average Bonchev–Trinajstić information content (AvgIpc) is 2.59. The topological polar surface area (TPSA) is 154 Å². The molecule has 0 radical (unpaired) electrons. The minimum Gasteiger partial charge on any atom is -0.349 e. The Bertz CT molecular complexity index is 527. The van der Waals surface area contributed by atoms with Crippen molar-refractivity contribution in [1.82, 2.24) is 16.0 Å². The largest absolute Gasteiger partial charge is 0.349 e. The molecule has 7 N–H and O–H groups in total. The third kappa shape index (κ3) is 9.81. The van der Waals surface area contributed by atoms with Gasteiger partial charge in [-0.1, -0.05) is 45.8 Å². The number of hydrogen-bond acceptors (Lipinski definition) is 6. The zero-order valence-electron chi connectivity index (χ0n) is 16.5. The van der Waals surface area contributed by atoms with Gasteiger partial charge in [-0.15, -0.1) is 0 Å². The van der Waals surface area contributed by atoms with Gasteiger partial charge in [0.25, 0.3) is 0 Å². The molecule has 0 aliphatic carbocycles. The minimum absolute atomic E-state index is 0.233. The average molecular weight is 404 g/mol. The number of nitrogens with two attached hydrogens (primary N) is 1. The molecule has 3 unspecified atom stereocenters. The molecule has 10 heteroatoms. The molecule has 0 rings (SSSR count). The molecule has 0 fully saturated rings. The van der Waals surface area contributed by atoms with E-state index >= 15 is 0 Å². The number of rotatable bonds is 12.